The summed E-state index contributed by atoms with van der Waals surface area (Å²) in [5.41, 5.74) is 4.49. The number of nitrogens with zero attached hydrogens (tertiary/aromatic N) is 4. The van der Waals surface area contributed by atoms with Gasteiger partial charge in [0.25, 0.3) is 0 Å². The number of H-pyrrole nitrogens is 1. The molecule has 30 heavy (non-hydrogen) atoms. The molecule has 3 aromatic carbocycles. The lowest BCUT2D eigenvalue weighted by atomic mass is 10.1. The highest BCUT2D eigenvalue weighted by atomic mass is 19.1. The van der Waals surface area contributed by atoms with Gasteiger partial charge in [-0.15, -0.1) is 0 Å². The van der Waals surface area contributed by atoms with Crippen LogP contribution in [0.25, 0.3) is 33.5 Å². The monoisotopic (exact) mass is 399 g/mol. The normalized spacial score (nSPS) is 11.2. The highest BCUT2D eigenvalue weighted by Gasteiger charge is 2.13. The second kappa shape index (κ2) is 7.88. The number of halogens is 1. The predicted molar refractivity (Wildman–Crippen MR) is 112 cm³/mol. The Balaban J connectivity index is 1.42. The van der Waals surface area contributed by atoms with Crippen LogP contribution in [-0.4, -0.2) is 25.0 Å². The van der Waals surface area contributed by atoms with Crippen molar-refractivity contribution in [3.8, 4) is 22.6 Å². The quantitative estimate of drug-likeness (QED) is 0.445. The molecule has 6 nitrogen and oxygen atoms in total. The van der Waals surface area contributed by atoms with Gasteiger partial charge in [0.15, 0.2) is 5.82 Å². The van der Waals surface area contributed by atoms with Crippen molar-refractivity contribution in [3.63, 3.8) is 0 Å². The van der Waals surface area contributed by atoms with E-state index >= 15 is 0 Å². The third-order valence-corrected chi connectivity index (χ3v) is 4.88. The Morgan fingerprint density at radius 2 is 1.73 bits per heavy atom. The molecule has 0 fully saturated rings. The molecule has 0 spiro atoms. The molecule has 0 saturated heterocycles. The van der Waals surface area contributed by atoms with Crippen LogP contribution < -0.4 is 0 Å². The number of aromatic nitrogens is 5. The van der Waals surface area contributed by atoms with E-state index in [0.29, 0.717) is 19.2 Å². The van der Waals surface area contributed by atoms with Crippen LogP contribution in [0, 0.1) is 5.82 Å². The Morgan fingerprint density at radius 1 is 0.933 bits per heavy atom. The summed E-state index contributed by atoms with van der Waals surface area (Å²) >= 11 is 0. The van der Waals surface area contributed by atoms with Crippen LogP contribution >= 0.6 is 0 Å². The molecular formula is C23H18FN5O. The summed E-state index contributed by atoms with van der Waals surface area (Å²) in [6.45, 7) is 0.786. The molecule has 7 heteroatoms. The Kier molecular flexibility index (Phi) is 4.78. The Bertz CT molecular complexity index is 1280. The summed E-state index contributed by atoms with van der Waals surface area (Å²) in [7, 11) is 0. The second-order valence-electron chi connectivity index (χ2n) is 6.89. The minimum absolute atomic E-state index is 0.275. The largest absolute Gasteiger partial charge is 0.354 e. The van der Waals surface area contributed by atoms with Crippen molar-refractivity contribution in [1.82, 2.24) is 25.0 Å². The second-order valence-corrected chi connectivity index (χ2v) is 6.89. The highest BCUT2D eigenvalue weighted by molar-refractivity contribution is 5.95. The van der Waals surface area contributed by atoms with Gasteiger partial charge in [-0.25, -0.2) is 14.1 Å². The number of ether oxygens (including phenoxy) is 1. The lowest BCUT2D eigenvalue weighted by Gasteiger charge is -2.08. The average molecular weight is 399 g/mol. The standard InChI is InChI=1S/C23H18FN5O/c24-19-9-6-17(7-10-19)22-20-12-18(8-11-21(20)27-28-22)23-25-14-26-29(23)15-30-13-16-4-2-1-3-5-16/h1-12,14H,13,15H2,(H,27,28). The first-order chi connectivity index (χ1) is 14.8. The number of aromatic amines is 1. The van der Waals surface area contributed by atoms with E-state index in [9.17, 15) is 4.39 Å². The summed E-state index contributed by atoms with van der Waals surface area (Å²) < 4.78 is 20.8. The minimum atomic E-state index is -0.275. The molecule has 0 aliphatic carbocycles. The van der Waals surface area contributed by atoms with Gasteiger partial charge < -0.3 is 4.74 Å². The smallest absolute Gasteiger partial charge is 0.160 e. The Morgan fingerprint density at radius 3 is 2.57 bits per heavy atom. The molecular weight excluding hydrogens is 381 g/mol. The van der Waals surface area contributed by atoms with Crippen LogP contribution in [0.4, 0.5) is 4.39 Å². The maximum absolute atomic E-state index is 13.3. The number of rotatable bonds is 6. The molecule has 0 bridgehead atoms. The predicted octanol–water partition coefficient (Wildman–Crippen LogP) is 4.80. The Hall–Kier alpha value is -3.84. The van der Waals surface area contributed by atoms with Gasteiger partial charge in [0, 0.05) is 16.5 Å². The first kappa shape index (κ1) is 18.2. The maximum atomic E-state index is 13.3. The van der Waals surface area contributed by atoms with Gasteiger partial charge in [-0.1, -0.05) is 30.3 Å². The molecule has 1 N–H and O–H groups in total. The van der Waals surface area contributed by atoms with Crippen molar-refractivity contribution in [2.24, 2.45) is 0 Å². The van der Waals surface area contributed by atoms with E-state index < -0.39 is 0 Å². The molecule has 5 rings (SSSR count). The van der Waals surface area contributed by atoms with Crippen molar-refractivity contribution in [2.45, 2.75) is 13.3 Å². The van der Waals surface area contributed by atoms with Gasteiger partial charge in [-0.2, -0.15) is 10.2 Å². The zero-order chi connectivity index (χ0) is 20.3. The van der Waals surface area contributed by atoms with Crippen molar-refractivity contribution < 1.29 is 9.13 Å². The molecule has 2 aromatic heterocycles. The van der Waals surface area contributed by atoms with Crippen molar-refractivity contribution >= 4 is 10.9 Å². The number of benzene rings is 3. The fourth-order valence-corrected chi connectivity index (χ4v) is 3.39. The maximum Gasteiger partial charge on any atom is 0.160 e. The third-order valence-electron chi connectivity index (χ3n) is 4.88. The van der Waals surface area contributed by atoms with Crippen molar-refractivity contribution in [3.05, 3.63) is 90.5 Å². The summed E-state index contributed by atoms with van der Waals surface area (Å²) in [5, 5.41) is 12.7. The molecule has 5 aromatic rings. The zero-order valence-electron chi connectivity index (χ0n) is 16.0. The molecule has 0 aliphatic heterocycles. The highest BCUT2D eigenvalue weighted by Crippen LogP contribution is 2.30. The fraction of sp³-hybridized carbons (Fsp3) is 0.0870. The SMILES string of the molecule is Fc1ccc(-c2n[nH]c3ccc(-c4ncnn4COCc4ccccc4)cc23)cc1. The van der Waals surface area contributed by atoms with Crippen LogP contribution in [0.15, 0.2) is 79.1 Å². The van der Waals surface area contributed by atoms with Crippen molar-refractivity contribution in [1.29, 1.82) is 0 Å². The van der Waals surface area contributed by atoms with E-state index in [1.54, 1.807) is 16.8 Å². The van der Waals surface area contributed by atoms with E-state index in [1.165, 1.54) is 18.5 Å². The van der Waals surface area contributed by atoms with Gasteiger partial charge in [0.05, 0.1) is 17.8 Å². The molecule has 0 radical (unpaired) electrons. The molecule has 148 valence electrons. The van der Waals surface area contributed by atoms with Crippen LogP contribution in [0.3, 0.4) is 0 Å². The summed E-state index contributed by atoms with van der Waals surface area (Å²) in [6, 6.07) is 22.2. The van der Waals surface area contributed by atoms with E-state index in [4.69, 9.17) is 4.74 Å². The van der Waals surface area contributed by atoms with Gasteiger partial charge in [0.1, 0.15) is 18.9 Å². The molecule has 0 saturated carbocycles. The van der Waals surface area contributed by atoms with E-state index in [2.05, 4.69) is 20.3 Å². The van der Waals surface area contributed by atoms with Crippen molar-refractivity contribution in [2.75, 3.05) is 0 Å². The third kappa shape index (κ3) is 3.58. The minimum Gasteiger partial charge on any atom is -0.354 e. The molecule has 2 heterocycles. The first-order valence-corrected chi connectivity index (χ1v) is 9.52. The summed E-state index contributed by atoms with van der Waals surface area (Å²) in [4.78, 5) is 4.41. The molecule has 0 atom stereocenters. The fourth-order valence-electron chi connectivity index (χ4n) is 3.39. The Labute approximate surface area is 172 Å². The lowest BCUT2D eigenvalue weighted by molar-refractivity contribution is 0.0571. The zero-order valence-corrected chi connectivity index (χ0v) is 16.0. The van der Waals surface area contributed by atoms with Crippen LogP contribution in [0.2, 0.25) is 0 Å². The average Bonchev–Trinajstić information content (AvgIpc) is 3.42. The number of hydrogen-bond acceptors (Lipinski definition) is 4. The molecule has 0 aliphatic rings. The van der Waals surface area contributed by atoms with Gasteiger partial charge in [0.2, 0.25) is 0 Å². The van der Waals surface area contributed by atoms with Crippen LogP contribution in [-0.2, 0) is 18.1 Å². The van der Waals surface area contributed by atoms with E-state index in [1.807, 2.05) is 48.5 Å². The van der Waals surface area contributed by atoms with Gasteiger partial charge in [-0.3, -0.25) is 5.10 Å². The number of hydrogen-bond donors (Lipinski definition) is 1. The van der Waals surface area contributed by atoms with Crippen LogP contribution in [0.1, 0.15) is 5.56 Å². The molecule has 0 unspecified atom stereocenters. The van der Waals surface area contributed by atoms with Crippen LogP contribution in [0.5, 0.6) is 0 Å². The lowest BCUT2D eigenvalue weighted by Crippen LogP contribution is -2.06. The summed E-state index contributed by atoms with van der Waals surface area (Å²) in [6.07, 6.45) is 1.52. The first-order valence-electron chi connectivity index (χ1n) is 9.52. The summed E-state index contributed by atoms with van der Waals surface area (Å²) in [5.74, 6) is 0.430. The topological polar surface area (TPSA) is 68.6 Å². The number of fused-ring (bicyclic) bond motifs is 1. The van der Waals surface area contributed by atoms with Gasteiger partial charge >= 0.3 is 0 Å². The number of nitrogens with one attached hydrogen (secondary N) is 1. The molecule has 0 amide bonds. The van der Waals surface area contributed by atoms with Gasteiger partial charge in [-0.05, 0) is 48.0 Å². The van der Waals surface area contributed by atoms with E-state index in [-0.39, 0.29) is 5.82 Å². The van der Waals surface area contributed by atoms with E-state index in [0.717, 1.165) is 33.3 Å².